The van der Waals surface area contributed by atoms with Gasteiger partial charge in [0.15, 0.2) is 0 Å². The highest BCUT2D eigenvalue weighted by Crippen LogP contribution is 2.45. The van der Waals surface area contributed by atoms with Crippen molar-refractivity contribution in [1.82, 2.24) is 0 Å². The highest BCUT2D eigenvalue weighted by molar-refractivity contribution is 4.87. The van der Waals surface area contributed by atoms with E-state index in [2.05, 4.69) is 0 Å². The molecule has 0 aromatic rings. The molecule has 1 fully saturated rings. The minimum Gasteiger partial charge on any atom is -0.207 e. The Morgan fingerprint density at radius 2 is 1.91 bits per heavy atom. The van der Waals surface area contributed by atoms with Crippen molar-refractivity contribution in [3.63, 3.8) is 0 Å². The van der Waals surface area contributed by atoms with E-state index in [0.717, 1.165) is 25.7 Å². The number of alkyl halides is 2. The van der Waals surface area contributed by atoms with Gasteiger partial charge in [-0.2, -0.15) is 0 Å². The summed E-state index contributed by atoms with van der Waals surface area (Å²) in [5, 5.41) is 0. The van der Waals surface area contributed by atoms with Crippen molar-refractivity contribution in [2.45, 2.75) is 51.4 Å². The minimum atomic E-state index is -2.34. The Morgan fingerprint density at radius 1 is 1.27 bits per heavy atom. The summed E-state index contributed by atoms with van der Waals surface area (Å²) in [4.78, 5) is 0. The first-order valence-corrected chi connectivity index (χ1v) is 4.54. The summed E-state index contributed by atoms with van der Waals surface area (Å²) in [5.41, 5.74) is 0. The molecule has 1 aliphatic rings. The fourth-order valence-corrected chi connectivity index (χ4v) is 1.32. The van der Waals surface area contributed by atoms with Crippen LogP contribution in [0.15, 0.2) is 0 Å². The Balaban J connectivity index is 2.12. The Labute approximate surface area is 67.0 Å². The summed E-state index contributed by atoms with van der Waals surface area (Å²) >= 11 is 0. The van der Waals surface area contributed by atoms with E-state index in [0.29, 0.717) is 6.42 Å². The fourth-order valence-electron chi connectivity index (χ4n) is 1.32. The summed E-state index contributed by atoms with van der Waals surface area (Å²) in [6.45, 7) is 2.04. The highest BCUT2D eigenvalue weighted by Gasteiger charge is 2.45. The molecule has 2 heteroatoms. The molecule has 0 unspecified atom stereocenters. The molecule has 0 radical (unpaired) electrons. The summed E-state index contributed by atoms with van der Waals surface area (Å²) < 4.78 is 25.9. The second-order valence-electron chi connectivity index (χ2n) is 3.49. The maximum Gasteiger partial charge on any atom is 0.250 e. The second kappa shape index (κ2) is 3.51. The van der Waals surface area contributed by atoms with Crippen molar-refractivity contribution in [3.8, 4) is 0 Å². The Hall–Kier alpha value is -0.140. The van der Waals surface area contributed by atoms with E-state index in [4.69, 9.17) is 0 Å². The number of hydrogen-bond donors (Lipinski definition) is 0. The largest absolute Gasteiger partial charge is 0.250 e. The third-order valence-corrected chi connectivity index (χ3v) is 2.29. The van der Waals surface area contributed by atoms with Gasteiger partial charge in [0.05, 0.1) is 0 Å². The van der Waals surface area contributed by atoms with E-state index in [9.17, 15) is 8.78 Å². The molecular formula is C9H16F2. The van der Waals surface area contributed by atoms with Crippen LogP contribution in [-0.2, 0) is 0 Å². The van der Waals surface area contributed by atoms with Crippen molar-refractivity contribution in [2.75, 3.05) is 0 Å². The van der Waals surface area contributed by atoms with Gasteiger partial charge < -0.3 is 0 Å². The van der Waals surface area contributed by atoms with E-state index >= 15 is 0 Å². The SMILES string of the molecule is CCCCCC(F)(F)C1CC1. The van der Waals surface area contributed by atoms with Crippen molar-refractivity contribution in [1.29, 1.82) is 0 Å². The average molecular weight is 162 g/mol. The summed E-state index contributed by atoms with van der Waals surface area (Å²) in [6.07, 6.45) is 4.28. The number of unbranched alkanes of at least 4 members (excludes halogenated alkanes) is 2. The van der Waals surface area contributed by atoms with Gasteiger partial charge in [-0.3, -0.25) is 0 Å². The van der Waals surface area contributed by atoms with Gasteiger partial charge in [0.25, 0.3) is 5.92 Å². The van der Waals surface area contributed by atoms with Crippen LogP contribution in [0.3, 0.4) is 0 Å². The molecule has 0 spiro atoms. The van der Waals surface area contributed by atoms with Crippen molar-refractivity contribution >= 4 is 0 Å². The zero-order valence-corrected chi connectivity index (χ0v) is 7.08. The van der Waals surface area contributed by atoms with Gasteiger partial charge in [-0.1, -0.05) is 19.8 Å². The second-order valence-corrected chi connectivity index (χ2v) is 3.49. The van der Waals surface area contributed by atoms with E-state index in [1.54, 1.807) is 0 Å². The average Bonchev–Trinajstić information content (AvgIpc) is 2.68. The van der Waals surface area contributed by atoms with E-state index in [-0.39, 0.29) is 12.3 Å². The molecule has 0 atom stereocenters. The maximum absolute atomic E-state index is 12.9. The molecule has 1 rings (SSSR count). The van der Waals surface area contributed by atoms with Crippen LogP contribution in [0.2, 0.25) is 0 Å². The van der Waals surface area contributed by atoms with Gasteiger partial charge in [-0.25, -0.2) is 8.78 Å². The predicted molar refractivity (Wildman–Crippen MR) is 41.8 cm³/mol. The van der Waals surface area contributed by atoms with Gasteiger partial charge in [0, 0.05) is 12.3 Å². The quantitative estimate of drug-likeness (QED) is 0.542. The molecule has 1 saturated carbocycles. The van der Waals surface area contributed by atoms with Crippen LogP contribution in [0.5, 0.6) is 0 Å². The van der Waals surface area contributed by atoms with Crippen molar-refractivity contribution < 1.29 is 8.78 Å². The number of hydrogen-bond acceptors (Lipinski definition) is 0. The molecule has 11 heavy (non-hydrogen) atoms. The molecule has 0 N–H and O–H groups in total. The topological polar surface area (TPSA) is 0 Å². The molecule has 0 nitrogen and oxygen atoms in total. The van der Waals surface area contributed by atoms with Crippen LogP contribution in [0.1, 0.15) is 45.4 Å². The fraction of sp³-hybridized carbons (Fsp3) is 1.00. The van der Waals surface area contributed by atoms with Crippen LogP contribution in [0, 0.1) is 5.92 Å². The summed E-state index contributed by atoms with van der Waals surface area (Å²) in [7, 11) is 0. The summed E-state index contributed by atoms with van der Waals surface area (Å²) in [6, 6.07) is 0. The van der Waals surface area contributed by atoms with Gasteiger partial charge >= 0.3 is 0 Å². The molecular weight excluding hydrogens is 146 g/mol. The standard InChI is InChI=1S/C9H16F2/c1-2-3-4-7-9(10,11)8-5-6-8/h8H,2-7H2,1H3. The van der Waals surface area contributed by atoms with Crippen molar-refractivity contribution in [3.05, 3.63) is 0 Å². The maximum atomic E-state index is 12.9. The first kappa shape index (κ1) is 8.95. The van der Waals surface area contributed by atoms with E-state index < -0.39 is 5.92 Å². The minimum absolute atomic E-state index is 0.117. The molecule has 66 valence electrons. The monoisotopic (exact) mass is 162 g/mol. The first-order valence-electron chi connectivity index (χ1n) is 4.54. The molecule has 0 saturated heterocycles. The first-order chi connectivity index (χ1) is 5.17. The van der Waals surface area contributed by atoms with Crippen molar-refractivity contribution in [2.24, 2.45) is 5.92 Å². The van der Waals surface area contributed by atoms with Crippen LogP contribution < -0.4 is 0 Å². The van der Waals surface area contributed by atoms with E-state index in [1.165, 1.54) is 0 Å². The van der Waals surface area contributed by atoms with Gasteiger partial charge in [0.1, 0.15) is 0 Å². The Morgan fingerprint density at radius 3 is 2.36 bits per heavy atom. The summed E-state index contributed by atoms with van der Waals surface area (Å²) in [5.74, 6) is -2.60. The molecule has 1 aliphatic carbocycles. The lowest BCUT2D eigenvalue weighted by Crippen LogP contribution is -2.18. The third-order valence-electron chi connectivity index (χ3n) is 2.29. The van der Waals surface area contributed by atoms with Crippen LogP contribution in [-0.4, -0.2) is 5.92 Å². The predicted octanol–water partition coefficient (Wildman–Crippen LogP) is 3.61. The van der Waals surface area contributed by atoms with Gasteiger partial charge in [-0.05, 0) is 19.3 Å². The zero-order valence-electron chi connectivity index (χ0n) is 7.08. The van der Waals surface area contributed by atoms with Crippen LogP contribution in [0.4, 0.5) is 8.78 Å². The Bertz CT molecular complexity index is 117. The zero-order chi connectivity index (χ0) is 8.32. The third kappa shape index (κ3) is 2.76. The number of halogens is 2. The highest BCUT2D eigenvalue weighted by atomic mass is 19.3. The van der Waals surface area contributed by atoms with Crippen LogP contribution in [0.25, 0.3) is 0 Å². The molecule has 0 aromatic heterocycles. The molecule has 0 aliphatic heterocycles. The number of rotatable bonds is 5. The molecule has 0 aromatic carbocycles. The lowest BCUT2D eigenvalue weighted by molar-refractivity contribution is -0.0325. The van der Waals surface area contributed by atoms with Gasteiger partial charge in [0.2, 0.25) is 0 Å². The normalized spacial score (nSPS) is 18.8. The molecule has 0 bridgehead atoms. The lowest BCUT2D eigenvalue weighted by Gasteiger charge is -2.14. The van der Waals surface area contributed by atoms with Gasteiger partial charge in [-0.15, -0.1) is 0 Å². The molecule has 0 amide bonds. The Kier molecular flexibility index (Phi) is 2.85. The van der Waals surface area contributed by atoms with E-state index in [1.807, 2.05) is 6.92 Å². The van der Waals surface area contributed by atoms with Crippen LogP contribution >= 0.6 is 0 Å². The molecule has 0 heterocycles. The smallest absolute Gasteiger partial charge is 0.207 e. The lowest BCUT2D eigenvalue weighted by atomic mass is 10.1.